The van der Waals surface area contributed by atoms with Crippen LogP contribution in [0.15, 0.2) is 0 Å². The van der Waals surface area contributed by atoms with Crippen LogP contribution in [0.25, 0.3) is 0 Å². The lowest BCUT2D eigenvalue weighted by Gasteiger charge is -2.21. The first kappa shape index (κ1) is 16.2. The molecule has 0 radical (unpaired) electrons. The number of carboxylic acid groups (broad SMARTS) is 1. The molecule has 0 fully saturated rings. The summed E-state index contributed by atoms with van der Waals surface area (Å²) in [5.74, 6) is -1.79. The molecule has 8 heteroatoms. The highest BCUT2D eigenvalue weighted by Crippen LogP contribution is 1.98. The van der Waals surface area contributed by atoms with Crippen LogP contribution in [0, 0.1) is 0 Å². The maximum atomic E-state index is 11.6. The van der Waals surface area contributed by atoms with Crippen molar-refractivity contribution in [2.75, 3.05) is 27.2 Å². The average molecular weight is 260 g/mol. The molecular weight excluding hydrogens is 240 g/mol. The smallest absolute Gasteiger partial charge is 0.326 e. The van der Waals surface area contributed by atoms with Crippen molar-refractivity contribution in [3.05, 3.63) is 0 Å². The van der Waals surface area contributed by atoms with E-state index in [9.17, 15) is 14.4 Å². The Kier molecular flexibility index (Phi) is 7.45. The van der Waals surface area contributed by atoms with Gasteiger partial charge in [-0.05, 0) is 13.5 Å². The first-order valence-electron chi connectivity index (χ1n) is 5.55. The van der Waals surface area contributed by atoms with Crippen LogP contribution in [-0.2, 0) is 9.59 Å². The molecule has 0 aromatic rings. The van der Waals surface area contributed by atoms with Gasteiger partial charge in [-0.1, -0.05) is 0 Å². The molecule has 0 aliphatic carbocycles. The number of rotatable bonds is 8. The van der Waals surface area contributed by atoms with Crippen molar-refractivity contribution >= 4 is 17.9 Å². The molecule has 0 aromatic heterocycles. The Morgan fingerprint density at radius 2 is 2.00 bits per heavy atom. The summed E-state index contributed by atoms with van der Waals surface area (Å²) in [6, 6.07) is -1.61. The fraction of sp³-hybridized carbons (Fsp3) is 0.700. The van der Waals surface area contributed by atoms with E-state index in [1.165, 1.54) is 4.90 Å². The highest BCUT2D eigenvalue weighted by Gasteiger charge is 2.21. The Balaban J connectivity index is 4.26. The van der Waals surface area contributed by atoms with Gasteiger partial charge in [0.1, 0.15) is 6.04 Å². The standard InChI is InChI=1S/C10H20N4O4/c1-12-5-6-14(2)10(18)13-7(9(16)17)3-4-8(11)15/h7,12H,3-6H2,1-2H3,(H2,11,15)(H,13,18)(H,16,17)/t7-/m0/s1. The van der Waals surface area contributed by atoms with Gasteiger partial charge >= 0.3 is 12.0 Å². The molecule has 3 amide bonds. The number of likely N-dealkylation sites (N-methyl/N-ethyl adjacent to an activating group) is 2. The Morgan fingerprint density at radius 1 is 1.39 bits per heavy atom. The quantitative estimate of drug-likeness (QED) is 0.425. The van der Waals surface area contributed by atoms with Crippen LogP contribution in [0.4, 0.5) is 4.79 Å². The van der Waals surface area contributed by atoms with Crippen LogP contribution in [0.3, 0.4) is 0 Å². The number of carbonyl (C=O) groups is 3. The van der Waals surface area contributed by atoms with E-state index in [4.69, 9.17) is 10.8 Å². The summed E-state index contributed by atoms with van der Waals surface area (Å²) in [5, 5.41) is 14.1. The van der Waals surface area contributed by atoms with Crippen molar-refractivity contribution in [2.45, 2.75) is 18.9 Å². The number of carboxylic acids is 1. The second kappa shape index (κ2) is 8.29. The van der Waals surface area contributed by atoms with Crippen LogP contribution in [-0.4, -0.2) is 61.1 Å². The predicted octanol–water partition coefficient (Wildman–Crippen LogP) is -1.43. The zero-order valence-electron chi connectivity index (χ0n) is 10.6. The summed E-state index contributed by atoms with van der Waals surface area (Å²) < 4.78 is 0. The first-order valence-corrected chi connectivity index (χ1v) is 5.55. The number of aliphatic carboxylic acids is 1. The zero-order chi connectivity index (χ0) is 14.1. The molecule has 0 spiro atoms. The van der Waals surface area contributed by atoms with Crippen molar-refractivity contribution in [3.63, 3.8) is 0 Å². The van der Waals surface area contributed by atoms with Gasteiger partial charge in [0.25, 0.3) is 0 Å². The fourth-order valence-electron chi connectivity index (χ4n) is 1.18. The van der Waals surface area contributed by atoms with Gasteiger partial charge < -0.3 is 26.4 Å². The summed E-state index contributed by atoms with van der Waals surface area (Å²) in [5.41, 5.74) is 4.93. The van der Waals surface area contributed by atoms with E-state index >= 15 is 0 Å². The predicted molar refractivity (Wildman–Crippen MR) is 64.9 cm³/mol. The van der Waals surface area contributed by atoms with Gasteiger partial charge in [0.2, 0.25) is 5.91 Å². The zero-order valence-corrected chi connectivity index (χ0v) is 10.6. The second-order valence-corrected chi connectivity index (χ2v) is 3.87. The maximum Gasteiger partial charge on any atom is 0.326 e. The number of carbonyl (C=O) groups excluding carboxylic acids is 2. The molecule has 0 aliphatic heterocycles. The van der Waals surface area contributed by atoms with E-state index in [2.05, 4.69) is 10.6 Å². The van der Waals surface area contributed by atoms with Crippen LogP contribution in [0.2, 0.25) is 0 Å². The van der Waals surface area contributed by atoms with Gasteiger partial charge in [0.15, 0.2) is 0 Å². The van der Waals surface area contributed by atoms with Gasteiger partial charge in [0.05, 0.1) is 0 Å². The third-order valence-corrected chi connectivity index (χ3v) is 2.32. The molecule has 0 heterocycles. The Labute approximate surface area is 106 Å². The van der Waals surface area contributed by atoms with Crippen molar-refractivity contribution in [1.29, 1.82) is 0 Å². The van der Waals surface area contributed by atoms with Crippen LogP contribution < -0.4 is 16.4 Å². The van der Waals surface area contributed by atoms with Gasteiger partial charge in [-0.15, -0.1) is 0 Å². The highest BCUT2D eigenvalue weighted by atomic mass is 16.4. The Hall–Kier alpha value is -1.83. The number of hydrogen-bond donors (Lipinski definition) is 4. The first-order chi connectivity index (χ1) is 8.38. The number of nitrogens with two attached hydrogens (primary N) is 1. The molecule has 8 nitrogen and oxygen atoms in total. The summed E-state index contributed by atoms with van der Waals surface area (Å²) in [6.45, 7) is 1.05. The SMILES string of the molecule is CNCCN(C)C(=O)N[C@@H](CCC(N)=O)C(=O)O. The van der Waals surface area contributed by atoms with Gasteiger partial charge in [-0.2, -0.15) is 0 Å². The average Bonchev–Trinajstić information content (AvgIpc) is 2.30. The molecule has 0 aliphatic rings. The van der Waals surface area contributed by atoms with Crippen LogP contribution >= 0.6 is 0 Å². The van der Waals surface area contributed by atoms with E-state index in [1.807, 2.05) is 0 Å². The molecule has 0 saturated heterocycles. The number of amides is 3. The van der Waals surface area contributed by atoms with Gasteiger partial charge in [-0.25, -0.2) is 9.59 Å². The molecule has 1 atom stereocenters. The van der Waals surface area contributed by atoms with Crippen molar-refractivity contribution in [3.8, 4) is 0 Å². The Morgan fingerprint density at radius 3 is 2.44 bits per heavy atom. The molecule has 0 aromatic carbocycles. The van der Waals surface area contributed by atoms with E-state index in [0.717, 1.165) is 0 Å². The normalized spacial score (nSPS) is 11.7. The van der Waals surface area contributed by atoms with Gasteiger partial charge in [0, 0.05) is 26.6 Å². The summed E-state index contributed by atoms with van der Waals surface area (Å²) in [6.07, 6.45) is -0.103. The molecule has 18 heavy (non-hydrogen) atoms. The topological polar surface area (TPSA) is 125 Å². The lowest BCUT2D eigenvalue weighted by molar-refractivity contribution is -0.139. The lowest BCUT2D eigenvalue weighted by Crippen LogP contribution is -2.48. The van der Waals surface area contributed by atoms with Crippen molar-refractivity contribution in [2.24, 2.45) is 5.73 Å². The van der Waals surface area contributed by atoms with Crippen LogP contribution in [0.5, 0.6) is 0 Å². The van der Waals surface area contributed by atoms with Crippen LogP contribution in [0.1, 0.15) is 12.8 Å². The van der Waals surface area contributed by atoms with E-state index < -0.39 is 23.9 Å². The van der Waals surface area contributed by atoms with E-state index in [1.54, 1.807) is 14.1 Å². The minimum absolute atomic E-state index is 0.0176. The fourth-order valence-corrected chi connectivity index (χ4v) is 1.18. The third kappa shape index (κ3) is 6.69. The molecule has 5 N–H and O–H groups in total. The molecule has 0 rings (SSSR count). The number of primary amides is 1. The number of nitrogens with zero attached hydrogens (tertiary/aromatic N) is 1. The van der Waals surface area contributed by atoms with Crippen molar-refractivity contribution in [1.82, 2.24) is 15.5 Å². The summed E-state index contributed by atoms with van der Waals surface area (Å²) in [4.78, 5) is 34.4. The van der Waals surface area contributed by atoms with E-state index in [0.29, 0.717) is 13.1 Å². The second-order valence-electron chi connectivity index (χ2n) is 3.87. The summed E-state index contributed by atoms with van der Waals surface area (Å²) >= 11 is 0. The third-order valence-electron chi connectivity index (χ3n) is 2.32. The molecule has 0 saturated carbocycles. The number of urea groups is 1. The largest absolute Gasteiger partial charge is 0.480 e. The number of nitrogens with one attached hydrogen (secondary N) is 2. The van der Waals surface area contributed by atoms with E-state index in [-0.39, 0.29) is 12.8 Å². The molecule has 104 valence electrons. The van der Waals surface area contributed by atoms with Crippen molar-refractivity contribution < 1.29 is 19.5 Å². The summed E-state index contributed by atoms with van der Waals surface area (Å²) in [7, 11) is 3.30. The minimum Gasteiger partial charge on any atom is -0.480 e. The molecule has 0 unspecified atom stereocenters. The maximum absolute atomic E-state index is 11.6. The molecule has 0 bridgehead atoms. The van der Waals surface area contributed by atoms with Gasteiger partial charge in [-0.3, -0.25) is 4.79 Å². The Bertz CT molecular complexity index is 308. The monoisotopic (exact) mass is 260 g/mol. The highest BCUT2D eigenvalue weighted by molar-refractivity contribution is 5.83. The molecular formula is C10H20N4O4. The number of hydrogen-bond acceptors (Lipinski definition) is 4. The minimum atomic E-state index is -1.19. The lowest BCUT2D eigenvalue weighted by atomic mass is 10.1.